The second kappa shape index (κ2) is 7.95. The molecule has 0 saturated heterocycles. The highest BCUT2D eigenvalue weighted by Crippen LogP contribution is 2.41. The van der Waals surface area contributed by atoms with Gasteiger partial charge in [-0.25, -0.2) is 0 Å². The van der Waals surface area contributed by atoms with Gasteiger partial charge in [-0.2, -0.15) is 15.3 Å². The zero-order chi connectivity index (χ0) is 19.4. The van der Waals surface area contributed by atoms with Crippen molar-refractivity contribution in [2.75, 3.05) is 25.5 Å². The minimum Gasteiger partial charge on any atom is -0.507 e. The van der Waals surface area contributed by atoms with Gasteiger partial charge in [0, 0.05) is 20.6 Å². The first kappa shape index (κ1) is 18.5. The lowest BCUT2D eigenvalue weighted by atomic mass is 10.1. The third-order valence-corrected chi connectivity index (χ3v) is 4.51. The number of aryl methyl sites for hydroxylation is 1. The summed E-state index contributed by atoms with van der Waals surface area (Å²) in [5, 5.41) is 28.9. The number of phenols is 1. The molecule has 0 spiro atoms. The third kappa shape index (κ3) is 3.79. The highest BCUT2D eigenvalue weighted by Gasteiger charge is 2.13. The quantitative estimate of drug-likeness (QED) is 0.531. The van der Waals surface area contributed by atoms with Crippen LogP contribution in [0.3, 0.4) is 0 Å². The van der Waals surface area contributed by atoms with Crippen LogP contribution in [-0.4, -0.2) is 25.7 Å². The zero-order valence-corrected chi connectivity index (χ0v) is 16.0. The van der Waals surface area contributed by atoms with Crippen LogP contribution in [0.15, 0.2) is 69.0 Å². The number of hydrogen-bond donors (Lipinski definition) is 1. The highest BCUT2D eigenvalue weighted by molar-refractivity contribution is 6.02. The van der Waals surface area contributed by atoms with Crippen molar-refractivity contribution in [3.8, 4) is 5.75 Å². The number of rotatable bonds is 5. The number of hydrogen-bond acceptors (Lipinski definition) is 6. The van der Waals surface area contributed by atoms with Crippen molar-refractivity contribution in [1.29, 1.82) is 0 Å². The smallest absolute Gasteiger partial charge is 0.125 e. The van der Waals surface area contributed by atoms with Crippen molar-refractivity contribution in [2.24, 2.45) is 20.5 Å². The van der Waals surface area contributed by atoms with Gasteiger partial charge in [0.25, 0.3) is 0 Å². The maximum Gasteiger partial charge on any atom is 0.125 e. The van der Waals surface area contributed by atoms with Crippen molar-refractivity contribution >= 4 is 33.5 Å². The molecule has 0 heterocycles. The fraction of sp³-hybridized carbons (Fsp3) is 0.238. The van der Waals surface area contributed by atoms with Crippen molar-refractivity contribution in [2.45, 2.75) is 13.8 Å². The van der Waals surface area contributed by atoms with Gasteiger partial charge in [0.05, 0.1) is 22.4 Å². The Bertz CT molecular complexity index is 1030. The van der Waals surface area contributed by atoms with Gasteiger partial charge in [-0.3, -0.25) is 0 Å². The third-order valence-electron chi connectivity index (χ3n) is 4.51. The topological polar surface area (TPSA) is 72.9 Å². The Balaban J connectivity index is 2.12. The van der Waals surface area contributed by atoms with E-state index in [4.69, 9.17) is 0 Å². The average molecular weight is 361 g/mol. The molecule has 0 aromatic heterocycles. The molecule has 138 valence electrons. The SMILES string of the molecule is CCN(C)c1ccc2cccc(O)c2c1N=Nc1ccc(N=NC)c(C)c1. The second-order valence-corrected chi connectivity index (χ2v) is 6.29. The van der Waals surface area contributed by atoms with E-state index in [1.165, 1.54) is 0 Å². The summed E-state index contributed by atoms with van der Waals surface area (Å²) in [6.07, 6.45) is 0. The molecule has 0 aliphatic rings. The lowest BCUT2D eigenvalue weighted by molar-refractivity contribution is 0.482. The van der Waals surface area contributed by atoms with Crippen LogP contribution in [0.2, 0.25) is 0 Å². The van der Waals surface area contributed by atoms with Crippen molar-refractivity contribution < 1.29 is 5.11 Å². The molecule has 0 aliphatic carbocycles. The maximum atomic E-state index is 10.4. The molecular weight excluding hydrogens is 338 g/mol. The van der Waals surface area contributed by atoms with Crippen molar-refractivity contribution in [3.63, 3.8) is 0 Å². The number of phenolic OH excluding ortho intramolecular Hbond substituents is 1. The Hall–Kier alpha value is -3.28. The summed E-state index contributed by atoms with van der Waals surface area (Å²) >= 11 is 0. The molecule has 0 aliphatic heterocycles. The largest absolute Gasteiger partial charge is 0.507 e. The monoisotopic (exact) mass is 361 g/mol. The molecule has 1 N–H and O–H groups in total. The Morgan fingerprint density at radius 1 is 1.00 bits per heavy atom. The van der Waals surface area contributed by atoms with Gasteiger partial charge in [0.15, 0.2) is 0 Å². The molecule has 3 aromatic carbocycles. The molecule has 0 atom stereocenters. The lowest BCUT2D eigenvalue weighted by Gasteiger charge is -2.20. The molecule has 0 bridgehead atoms. The average Bonchev–Trinajstić information content (AvgIpc) is 2.67. The Morgan fingerprint density at radius 2 is 1.81 bits per heavy atom. The summed E-state index contributed by atoms with van der Waals surface area (Å²) in [4.78, 5) is 2.08. The fourth-order valence-corrected chi connectivity index (χ4v) is 2.94. The summed E-state index contributed by atoms with van der Waals surface area (Å²) in [6.45, 7) is 4.85. The highest BCUT2D eigenvalue weighted by atomic mass is 16.3. The number of aromatic hydroxyl groups is 1. The first-order valence-corrected chi connectivity index (χ1v) is 8.83. The molecule has 0 radical (unpaired) electrons. The van der Waals surface area contributed by atoms with E-state index in [0.29, 0.717) is 11.1 Å². The van der Waals surface area contributed by atoms with Crippen LogP contribution in [0.4, 0.5) is 22.7 Å². The van der Waals surface area contributed by atoms with Crippen LogP contribution < -0.4 is 4.90 Å². The number of nitrogens with zero attached hydrogens (tertiary/aromatic N) is 5. The molecule has 0 unspecified atom stereocenters. The normalized spacial score (nSPS) is 11.7. The van der Waals surface area contributed by atoms with Gasteiger partial charge >= 0.3 is 0 Å². The molecular formula is C21H23N5O. The standard InChI is InChI=1S/C21H23N5O/c1-5-26(4)18-12-9-15-7-6-8-19(27)20(15)21(18)25-23-16-10-11-17(24-22-3)14(2)13-16/h6-13,27H,5H2,1-4H3. The first-order valence-electron chi connectivity index (χ1n) is 8.83. The predicted octanol–water partition coefficient (Wildman–Crippen LogP) is 6.44. The predicted molar refractivity (Wildman–Crippen MR) is 110 cm³/mol. The van der Waals surface area contributed by atoms with Gasteiger partial charge in [0.1, 0.15) is 11.4 Å². The summed E-state index contributed by atoms with van der Waals surface area (Å²) in [5.41, 5.74) is 4.09. The first-order chi connectivity index (χ1) is 13.0. The van der Waals surface area contributed by atoms with Gasteiger partial charge in [0.2, 0.25) is 0 Å². The molecule has 3 rings (SSSR count). The number of anilines is 1. The minimum atomic E-state index is 0.197. The van der Waals surface area contributed by atoms with Gasteiger partial charge in [-0.15, -0.1) is 5.11 Å². The van der Waals surface area contributed by atoms with Crippen LogP contribution in [0.1, 0.15) is 12.5 Å². The van der Waals surface area contributed by atoms with Crippen LogP contribution in [0.5, 0.6) is 5.75 Å². The number of azo groups is 2. The Kier molecular flexibility index (Phi) is 5.45. The van der Waals surface area contributed by atoms with Crippen LogP contribution in [0.25, 0.3) is 10.8 Å². The van der Waals surface area contributed by atoms with E-state index in [-0.39, 0.29) is 5.75 Å². The minimum absolute atomic E-state index is 0.197. The van der Waals surface area contributed by atoms with Crippen molar-refractivity contribution in [1.82, 2.24) is 0 Å². The van der Waals surface area contributed by atoms with Crippen LogP contribution in [-0.2, 0) is 0 Å². The molecule has 27 heavy (non-hydrogen) atoms. The summed E-state index contributed by atoms with van der Waals surface area (Å²) in [6, 6.07) is 15.1. The van der Waals surface area contributed by atoms with E-state index in [2.05, 4.69) is 32.3 Å². The number of fused-ring (bicyclic) bond motifs is 1. The summed E-state index contributed by atoms with van der Waals surface area (Å²) in [7, 11) is 3.64. The number of benzene rings is 3. The Morgan fingerprint density at radius 3 is 2.52 bits per heavy atom. The van der Waals surface area contributed by atoms with Crippen molar-refractivity contribution in [3.05, 3.63) is 54.1 Å². The van der Waals surface area contributed by atoms with E-state index in [1.54, 1.807) is 13.1 Å². The van der Waals surface area contributed by atoms with Gasteiger partial charge in [-0.05, 0) is 55.1 Å². The molecule has 6 heteroatoms. The molecule has 6 nitrogen and oxygen atoms in total. The van der Waals surface area contributed by atoms with E-state index >= 15 is 0 Å². The van der Waals surface area contributed by atoms with E-state index < -0.39 is 0 Å². The second-order valence-electron chi connectivity index (χ2n) is 6.29. The molecule has 3 aromatic rings. The van der Waals surface area contributed by atoms with Crippen LogP contribution in [0, 0.1) is 6.92 Å². The van der Waals surface area contributed by atoms with E-state index in [9.17, 15) is 5.11 Å². The van der Waals surface area contributed by atoms with E-state index in [0.717, 1.165) is 34.6 Å². The summed E-state index contributed by atoms with van der Waals surface area (Å²) < 4.78 is 0. The zero-order valence-electron chi connectivity index (χ0n) is 16.0. The lowest BCUT2D eigenvalue weighted by Crippen LogP contribution is -2.15. The Labute approximate surface area is 158 Å². The molecule has 0 saturated carbocycles. The van der Waals surface area contributed by atoms with Gasteiger partial charge in [-0.1, -0.05) is 18.2 Å². The summed E-state index contributed by atoms with van der Waals surface area (Å²) in [5.74, 6) is 0.197. The fourth-order valence-electron chi connectivity index (χ4n) is 2.94. The maximum absolute atomic E-state index is 10.4. The molecule has 0 fully saturated rings. The molecule has 0 amide bonds. The van der Waals surface area contributed by atoms with Crippen LogP contribution >= 0.6 is 0 Å². The van der Waals surface area contributed by atoms with E-state index in [1.807, 2.05) is 56.4 Å². The van der Waals surface area contributed by atoms with Gasteiger partial charge < -0.3 is 10.0 Å².